The van der Waals surface area contributed by atoms with Gasteiger partial charge in [-0.2, -0.15) is 5.26 Å². The number of nitrogens with zero attached hydrogens (tertiary/aromatic N) is 2. The van der Waals surface area contributed by atoms with Gasteiger partial charge in [0, 0.05) is 32.1 Å². The summed E-state index contributed by atoms with van der Waals surface area (Å²) in [6, 6.07) is 6.86. The van der Waals surface area contributed by atoms with E-state index in [9.17, 15) is 9.59 Å². The van der Waals surface area contributed by atoms with Crippen LogP contribution in [0, 0.1) is 11.3 Å². The van der Waals surface area contributed by atoms with Gasteiger partial charge in [0.1, 0.15) is 0 Å². The lowest BCUT2D eigenvalue weighted by Gasteiger charge is -2.15. The van der Waals surface area contributed by atoms with Crippen LogP contribution in [0.2, 0.25) is 0 Å². The molecule has 1 saturated heterocycles. The molecule has 0 atom stereocenters. The van der Waals surface area contributed by atoms with E-state index in [0.717, 1.165) is 19.4 Å². The zero-order chi connectivity index (χ0) is 18.1. The number of amides is 2. The zero-order valence-corrected chi connectivity index (χ0v) is 14.4. The van der Waals surface area contributed by atoms with Gasteiger partial charge in [-0.15, -0.1) is 0 Å². The molecule has 25 heavy (non-hydrogen) atoms. The van der Waals surface area contributed by atoms with E-state index in [-0.39, 0.29) is 18.4 Å². The molecule has 0 bridgehead atoms. The topological polar surface area (TPSA) is 91.7 Å². The first kappa shape index (κ1) is 18.6. The SMILES string of the molecule is CCOc1cc(C#N)ccc1OCC(=O)NCCCN1CCCC1=O. The van der Waals surface area contributed by atoms with Gasteiger partial charge in [0.2, 0.25) is 5.91 Å². The van der Waals surface area contributed by atoms with Crippen LogP contribution in [0.15, 0.2) is 18.2 Å². The molecule has 0 saturated carbocycles. The molecule has 1 aromatic carbocycles. The van der Waals surface area contributed by atoms with Gasteiger partial charge in [0.15, 0.2) is 18.1 Å². The number of nitrogens with one attached hydrogen (secondary N) is 1. The second kappa shape index (κ2) is 9.52. The Bertz CT molecular complexity index is 654. The number of rotatable bonds is 9. The van der Waals surface area contributed by atoms with Crippen LogP contribution in [0.5, 0.6) is 11.5 Å². The molecule has 0 radical (unpaired) electrons. The van der Waals surface area contributed by atoms with Gasteiger partial charge >= 0.3 is 0 Å². The Morgan fingerprint density at radius 2 is 2.20 bits per heavy atom. The molecule has 2 amide bonds. The lowest BCUT2D eigenvalue weighted by molar-refractivity contribution is -0.127. The number of nitriles is 1. The largest absolute Gasteiger partial charge is 0.490 e. The maximum absolute atomic E-state index is 11.9. The number of ether oxygens (including phenoxy) is 2. The summed E-state index contributed by atoms with van der Waals surface area (Å²) in [5.74, 6) is 0.832. The molecule has 0 spiro atoms. The first-order valence-electron chi connectivity index (χ1n) is 8.48. The minimum absolute atomic E-state index is 0.130. The fraction of sp³-hybridized carbons (Fsp3) is 0.500. The van der Waals surface area contributed by atoms with E-state index in [2.05, 4.69) is 5.32 Å². The Labute approximate surface area is 147 Å². The second-order valence-corrected chi connectivity index (χ2v) is 5.68. The Morgan fingerprint density at radius 1 is 1.36 bits per heavy atom. The van der Waals surface area contributed by atoms with E-state index >= 15 is 0 Å². The predicted molar refractivity (Wildman–Crippen MR) is 91.3 cm³/mol. The normalized spacial score (nSPS) is 13.4. The Balaban J connectivity index is 1.72. The lowest BCUT2D eigenvalue weighted by Crippen LogP contribution is -2.33. The minimum Gasteiger partial charge on any atom is -0.490 e. The van der Waals surface area contributed by atoms with Crippen LogP contribution in [0.3, 0.4) is 0 Å². The van der Waals surface area contributed by atoms with Gasteiger partial charge < -0.3 is 19.7 Å². The fourth-order valence-corrected chi connectivity index (χ4v) is 2.60. The van der Waals surface area contributed by atoms with E-state index < -0.39 is 0 Å². The maximum atomic E-state index is 11.9. The van der Waals surface area contributed by atoms with Crippen LogP contribution in [0.25, 0.3) is 0 Å². The van der Waals surface area contributed by atoms with Crippen molar-refractivity contribution in [3.63, 3.8) is 0 Å². The van der Waals surface area contributed by atoms with Gasteiger partial charge in [0.25, 0.3) is 5.91 Å². The highest BCUT2D eigenvalue weighted by molar-refractivity contribution is 5.78. The van der Waals surface area contributed by atoms with Crippen molar-refractivity contribution in [1.29, 1.82) is 5.26 Å². The third-order valence-corrected chi connectivity index (χ3v) is 3.83. The number of carbonyl (C=O) groups is 2. The lowest BCUT2D eigenvalue weighted by atomic mass is 10.2. The summed E-state index contributed by atoms with van der Waals surface area (Å²) in [6.07, 6.45) is 2.28. The average Bonchev–Trinajstić information content (AvgIpc) is 3.02. The van der Waals surface area contributed by atoms with Gasteiger partial charge in [-0.05, 0) is 31.9 Å². The smallest absolute Gasteiger partial charge is 0.257 e. The molecule has 0 unspecified atom stereocenters. The molecule has 1 fully saturated rings. The van der Waals surface area contributed by atoms with E-state index in [1.165, 1.54) is 0 Å². The molecule has 1 N–H and O–H groups in total. The van der Waals surface area contributed by atoms with Crippen molar-refractivity contribution in [1.82, 2.24) is 10.2 Å². The zero-order valence-electron chi connectivity index (χ0n) is 14.4. The van der Waals surface area contributed by atoms with Crippen molar-refractivity contribution >= 4 is 11.8 Å². The highest BCUT2D eigenvalue weighted by atomic mass is 16.5. The van der Waals surface area contributed by atoms with Crippen molar-refractivity contribution in [2.45, 2.75) is 26.2 Å². The van der Waals surface area contributed by atoms with Crippen molar-refractivity contribution < 1.29 is 19.1 Å². The van der Waals surface area contributed by atoms with Crippen LogP contribution in [0.4, 0.5) is 0 Å². The van der Waals surface area contributed by atoms with Crippen molar-refractivity contribution in [2.24, 2.45) is 0 Å². The van der Waals surface area contributed by atoms with E-state index in [1.54, 1.807) is 18.2 Å². The number of likely N-dealkylation sites (tertiary alicyclic amines) is 1. The molecule has 1 aliphatic rings. The van der Waals surface area contributed by atoms with Crippen molar-refractivity contribution in [3.8, 4) is 17.6 Å². The van der Waals surface area contributed by atoms with Crippen molar-refractivity contribution in [2.75, 3.05) is 32.8 Å². The first-order chi connectivity index (χ1) is 12.1. The summed E-state index contributed by atoms with van der Waals surface area (Å²) in [6.45, 7) is 4.12. The number of hydrogen-bond acceptors (Lipinski definition) is 5. The summed E-state index contributed by atoms with van der Waals surface area (Å²) in [5.41, 5.74) is 0.469. The Hall–Kier alpha value is -2.75. The highest BCUT2D eigenvalue weighted by Crippen LogP contribution is 2.28. The highest BCUT2D eigenvalue weighted by Gasteiger charge is 2.19. The predicted octanol–water partition coefficient (Wildman–Crippen LogP) is 1.46. The molecule has 1 aromatic rings. The fourth-order valence-electron chi connectivity index (χ4n) is 2.60. The van der Waals surface area contributed by atoms with Crippen LogP contribution in [-0.2, 0) is 9.59 Å². The second-order valence-electron chi connectivity index (χ2n) is 5.68. The van der Waals surface area contributed by atoms with Gasteiger partial charge in [0.05, 0.1) is 18.2 Å². The van der Waals surface area contributed by atoms with Gasteiger partial charge in [-0.1, -0.05) is 0 Å². The van der Waals surface area contributed by atoms with E-state index in [4.69, 9.17) is 14.7 Å². The molecular formula is C18H23N3O4. The molecule has 7 heteroatoms. The number of hydrogen-bond donors (Lipinski definition) is 1. The first-order valence-corrected chi connectivity index (χ1v) is 8.48. The van der Waals surface area contributed by atoms with Crippen LogP contribution in [0.1, 0.15) is 31.7 Å². The molecule has 1 heterocycles. The van der Waals surface area contributed by atoms with Gasteiger partial charge in [-0.25, -0.2) is 0 Å². The standard InChI is InChI=1S/C18H23N3O4/c1-2-24-16-11-14(12-19)6-7-15(16)25-13-17(22)20-8-4-10-21-9-3-5-18(21)23/h6-7,11H,2-5,8-10,13H2,1H3,(H,20,22). The summed E-state index contributed by atoms with van der Waals surface area (Å²) >= 11 is 0. The molecule has 0 aliphatic carbocycles. The molecule has 134 valence electrons. The summed E-state index contributed by atoms with van der Waals surface area (Å²) in [5, 5.41) is 11.7. The maximum Gasteiger partial charge on any atom is 0.257 e. The minimum atomic E-state index is -0.237. The average molecular weight is 345 g/mol. The van der Waals surface area contributed by atoms with E-state index in [1.807, 2.05) is 17.9 Å². The Morgan fingerprint density at radius 3 is 2.88 bits per heavy atom. The third-order valence-electron chi connectivity index (χ3n) is 3.83. The molecule has 7 nitrogen and oxygen atoms in total. The molecular weight excluding hydrogens is 322 g/mol. The monoisotopic (exact) mass is 345 g/mol. The van der Waals surface area contributed by atoms with Crippen LogP contribution >= 0.6 is 0 Å². The van der Waals surface area contributed by atoms with Crippen molar-refractivity contribution in [3.05, 3.63) is 23.8 Å². The summed E-state index contributed by atoms with van der Waals surface area (Å²) < 4.78 is 10.9. The molecule has 2 rings (SSSR count). The van der Waals surface area contributed by atoms with Crippen LogP contribution in [-0.4, -0.2) is 49.6 Å². The third kappa shape index (κ3) is 5.68. The quantitative estimate of drug-likeness (QED) is 0.684. The number of benzene rings is 1. The summed E-state index contributed by atoms with van der Waals surface area (Å²) in [7, 11) is 0. The Kier molecular flexibility index (Phi) is 7.08. The van der Waals surface area contributed by atoms with E-state index in [0.29, 0.717) is 43.2 Å². The number of carbonyl (C=O) groups excluding carboxylic acids is 2. The molecule has 1 aliphatic heterocycles. The molecule has 0 aromatic heterocycles. The van der Waals surface area contributed by atoms with Crippen LogP contribution < -0.4 is 14.8 Å². The summed E-state index contributed by atoms with van der Waals surface area (Å²) in [4.78, 5) is 25.2. The van der Waals surface area contributed by atoms with Gasteiger partial charge in [-0.3, -0.25) is 9.59 Å².